The van der Waals surface area contributed by atoms with Crippen LogP contribution in [0.15, 0.2) is 15.9 Å². The van der Waals surface area contributed by atoms with Crippen LogP contribution in [0.4, 0.5) is 0 Å². The molecule has 0 aromatic carbocycles. The number of piperidine rings is 1. The molecule has 0 bridgehead atoms. The van der Waals surface area contributed by atoms with Gasteiger partial charge in [0, 0.05) is 11.4 Å². The van der Waals surface area contributed by atoms with Gasteiger partial charge in [-0.2, -0.15) is 0 Å². The van der Waals surface area contributed by atoms with Gasteiger partial charge in [0.25, 0.3) is 0 Å². The first-order valence-corrected chi connectivity index (χ1v) is 8.35. The Hall–Kier alpha value is -0.390. The van der Waals surface area contributed by atoms with Crippen LogP contribution in [0, 0.1) is 5.41 Å². The van der Waals surface area contributed by atoms with E-state index in [0.717, 1.165) is 29.6 Å². The van der Waals surface area contributed by atoms with Crippen LogP contribution in [0.1, 0.15) is 31.6 Å². The molecule has 1 saturated heterocycles. The lowest BCUT2D eigenvalue weighted by molar-refractivity contribution is -0.126. The maximum absolute atomic E-state index is 12.2. The number of carbonyl (C=O) groups is 1. The summed E-state index contributed by atoms with van der Waals surface area (Å²) < 4.78 is 1.14. The van der Waals surface area contributed by atoms with Gasteiger partial charge < -0.3 is 10.6 Å². The molecular formula is C14H21BrN2OS. The Bertz CT molecular complexity index is 444. The molecule has 1 atom stereocenters. The molecule has 2 rings (SSSR count). The van der Waals surface area contributed by atoms with E-state index in [0.29, 0.717) is 6.54 Å². The molecule has 5 heteroatoms. The molecule has 2 heterocycles. The lowest BCUT2D eigenvalue weighted by atomic mass is 9.77. The van der Waals surface area contributed by atoms with Crippen LogP contribution < -0.4 is 10.6 Å². The Morgan fingerprint density at radius 3 is 3.00 bits per heavy atom. The van der Waals surface area contributed by atoms with Crippen molar-refractivity contribution in [3.05, 3.63) is 20.8 Å². The fourth-order valence-electron chi connectivity index (χ4n) is 2.56. The lowest BCUT2D eigenvalue weighted by Crippen LogP contribution is -2.55. The van der Waals surface area contributed by atoms with Gasteiger partial charge in [-0.15, -0.1) is 11.3 Å². The highest BCUT2D eigenvalue weighted by atomic mass is 79.9. The van der Waals surface area contributed by atoms with Crippen LogP contribution >= 0.6 is 27.3 Å². The molecule has 1 amide bonds. The van der Waals surface area contributed by atoms with Gasteiger partial charge in [0.05, 0.1) is 9.83 Å². The van der Waals surface area contributed by atoms with E-state index in [1.807, 2.05) is 6.07 Å². The van der Waals surface area contributed by atoms with Gasteiger partial charge in [0.2, 0.25) is 5.91 Å². The molecule has 1 fully saturated rings. The van der Waals surface area contributed by atoms with Crippen molar-refractivity contribution in [3.8, 4) is 0 Å². The fourth-order valence-corrected chi connectivity index (χ4v) is 4.04. The van der Waals surface area contributed by atoms with Gasteiger partial charge in [-0.05, 0) is 59.3 Å². The standard InChI is InChI=1S/C14H21BrN2OS/c1-14(2)7-3-8-16-12(14)13(18)17-9-6-10-4-5-11(15)19-10/h4-5,12,16H,3,6-9H2,1-2H3,(H,17,18). The summed E-state index contributed by atoms with van der Waals surface area (Å²) >= 11 is 5.18. The number of nitrogens with one attached hydrogen (secondary N) is 2. The second-order valence-corrected chi connectivity index (χ2v) is 8.27. The molecule has 1 aromatic rings. The second-order valence-electron chi connectivity index (χ2n) is 5.73. The summed E-state index contributed by atoms with van der Waals surface area (Å²) in [6, 6.07) is 4.09. The van der Waals surface area contributed by atoms with E-state index < -0.39 is 0 Å². The van der Waals surface area contributed by atoms with Crippen molar-refractivity contribution in [2.75, 3.05) is 13.1 Å². The summed E-state index contributed by atoms with van der Waals surface area (Å²) in [7, 11) is 0. The summed E-state index contributed by atoms with van der Waals surface area (Å²) in [6.07, 6.45) is 3.16. The van der Waals surface area contributed by atoms with Crippen LogP contribution in [0.25, 0.3) is 0 Å². The second kappa shape index (κ2) is 6.37. The molecule has 3 nitrogen and oxygen atoms in total. The average Bonchev–Trinajstić information content (AvgIpc) is 2.74. The molecular weight excluding hydrogens is 324 g/mol. The number of hydrogen-bond acceptors (Lipinski definition) is 3. The smallest absolute Gasteiger partial charge is 0.237 e. The van der Waals surface area contributed by atoms with Crippen molar-refractivity contribution < 1.29 is 4.79 Å². The third kappa shape index (κ3) is 4.04. The topological polar surface area (TPSA) is 41.1 Å². The minimum Gasteiger partial charge on any atom is -0.354 e. The number of rotatable bonds is 4. The molecule has 1 aliphatic rings. The monoisotopic (exact) mass is 344 g/mol. The SMILES string of the molecule is CC1(C)CCCNC1C(=O)NCCc1ccc(Br)s1. The Morgan fingerprint density at radius 1 is 1.58 bits per heavy atom. The molecule has 1 aliphatic heterocycles. The molecule has 19 heavy (non-hydrogen) atoms. The summed E-state index contributed by atoms with van der Waals surface area (Å²) in [4.78, 5) is 13.5. The highest BCUT2D eigenvalue weighted by Crippen LogP contribution is 2.30. The lowest BCUT2D eigenvalue weighted by Gasteiger charge is -2.38. The van der Waals surface area contributed by atoms with E-state index in [1.165, 1.54) is 4.88 Å². The van der Waals surface area contributed by atoms with Crippen LogP contribution in [-0.4, -0.2) is 25.0 Å². The van der Waals surface area contributed by atoms with Gasteiger partial charge in [0.15, 0.2) is 0 Å². The van der Waals surface area contributed by atoms with E-state index in [9.17, 15) is 4.79 Å². The number of carbonyl (C=O) groups excluding carboxylic acids is 1. The first-order valence-electron chi connectivity index (χ1n) is 6.74. The molecule has 0 spiro atoms. The molecule has 0 aliphatic carbocycles. The number of thiophene rings is 1. The van der Waals surface area contributed by atoms with Crippen molar-refractivity contribution in [2.45, 2.75) is 39.2 Å². The normalized spacial score (nSPS) is 22.2. The van der Waals surface area contributed by atoms with Gasteiger partial charge in [-0.25, -0.2) is 0 Å². The predicted octanol–water partition coefficient (Wildman–Crippen LogP) is 2.95. The van der Waals surface area contributed by atoms with Crippen LogP contribution in [0.5, 0.6) is 0 Å². The molecule has 0 radical (unpaired) electrons. The maximum atomic E-state index is 12.2. The highest BCUT2D eigenvalue weighted by molar-refractivity contribution is 9.11. The van der Waals surface area contributed by atoms with Crippen LogP contribution in [-0.2, 0) is 11.2 Å². The fraction of sp³-hybridized carbons (Fsp3) is 0.643. The Morgan fingerprint density at radius 2 is 2.37 bits per heavy atom. The molecule has 0 saturated carbocycles. The molecule has 1 aromatic heterocycles. The van der Waals surface area contributed by atoms with E-state index >= 15 is 0 Å². The first kappa shape index (κ1) is 15.0. The minimum absolute atomic E-state index is 0.0499. The van der Waals surface area contributed by atoms with Crippen molar-refractivity contribution in [3.63, 3.8) is 0 Å². The Balaban J connectivity index is 1.80. The van der Waals surface area contributed by atoms with Crippen LogP contribution in [0.2, 0.25) is 0 Å². The van der Waals surface area contributed by atoms with Crippen LogP contribution in [0.3, 0.4) is 0 Å². The molecule has 2 N–H and O–H groups in total. The molecule has 1 unspecified atom stereocenters. The van der Waals surface area contributed by atoms with Gasteiger partial charge in [-0.3, -0.25) is 4.79 Å². The third-order valence-corrected chi connectivity index (χ3v) is 5.37. The largest absolute Gasteiger partial charge is 0.354 e. The minimum atomic E-state index is -0.0590. The first-order chi connectivity index (χ1) is 8.99. The highest BCUT2D eigenvalue weighted by Gasteiger charge is 2.36. The van der Waals surface area contributed by atoms with Gasteiger partial charge >= 0.3 is 0 Å². The van der Waals surface area contributed by atoms with Gasteiger partial charge in [-0.1, -0.05) is 13.8 Å². The maximum Gasteiger partial charge on any atom is 0.237 e. The summed E-state index contributed by atoms with van der Waals surface area (Å²) in [6.45, 7) is 5.99. The third-order valence-electron chi connectivity index (χ3n) is 3.69. The number of amides is 1. The summed E-state index contributed by atoms with van der Waals surface area (Å²) in [5.41, 5.74) is 0.0499. The number of halogens is 1. The van der Waals surface area contributed by atoms with Crippen molar-refractivity contribution >= 4 is 33.2 Å². The van der Waals surface area contributed by atoms with Crippen molar-refractivity contribution in [2.24, 2.45) is 5.41 Å². The zero-order valence-corrected chi connectivity index (χ0v) is 13.9. The summed E-state index contributed by atoms with van der Waals surface area (Å²) in [5.74, 6) is 0.139. The van der Waals surface area contributed by atoms with E-state index in [-0.39, 0.29) is 17.4 Å². The van der Waals surface area contributed by atoms with E-state index in [4.69, 9.17) is 0 Å². The van der Waals surface area contributed by atoms with Crippen molar-refractivity contribution in [1.82, 2.24) is 10.6 Å². The molecule has 106 valence electrons. The summed E-state index contributed by atoms with van der Waals surface area (Å²) in [5, 5.41) is 6.40. The van der Waals surface area contributed by atoms with E-state index in [1.54, 1.807) is 11.3 Å². The zero-order chi connectivity index (χ0) is 13.9. The van der Waals surface area contributed by atoms with Crippen molar-refractivity contribution in [1.29, 1.82) is 0 Å². The zero-order valence-electron chi connectivity index (χ0n) is 11.5. The Kier molecular flexibility index (Phi) is 5.03. The van der Waals surface area contributed by atoms with Gasteiger partial charge in [0.1, 0.15) is 0 Å². The Labute approximate surface area is 127 Å². The quantitative estimate of drug-likeness (QED) is 0.881. The average molecular weight is 345 g/mol. The number of hydrogen-bond donors (Lipinski definition) is 2. The predicted molar refractivity (Wildman–Crippen MR) is 83.5 cm³/mol. The van der Waals surface area contributed by atoms with E-state index in [2.05, 4.69) is 46.5 Å².